The molecule has 0 radical (unpaired) electrons. The van der Waals surface area contributed by atoms with Crippen LogP contribution in [0.2, 0.25) is 0 Å². The van der Waals surface area contributed by atoms with Crippen molar-refractivity contribution in [2.45, 2.75) is 25.7 Å². The maximum atomic E-state index is 12.1. The normalized spacial score (nSPS) is 20.3. The second-order valence-corrected chi connectivity index (χ2v) is 5.18. The van der Waals surface area contributed by atoms with E-state index in [0.717, 1.165) is 5.56 Å². The van der Waals surface area contributed by atoms with E-state index in [1.54, 1.807) is 4.90 Å². The van der Waals surface area contributed by atoms with E-state index in [9.17, 15) is 9.59 Å². The lowest BCUT2D eigenvalue weighted by Crippen LogP contribution is -2.30. The van der Waals surface area contributed by atoms with Crippen molar-refractivity contribution in [3.63, 3.8) is 0 Å². The highest BCUT2D eigenvalue weighted by Gasteiger charge is 2.31. The van der Waals surface area contributed by atoms with Crippen LogP contribution in [-0.4, -0.2) is 35.0 Å². The summed E-state index contributed by atoms with van der Waals surface area (Å²) in [4.78, 5) is 24.7. The van der Waals surface area contributed by atoms with Gasteiger partial charge in [0, 0.05) is 19.5 Å². The number of carbonyl (C=O) groups is 2. The van der Waals surface area contributed by atoms with Crippen LogP contribution in [0, 0.1) is 5.92 Å². The fourth-order valence-electron chi connectivity index (χ4n) is 2.48. The van der Waals surface area contributed by atoms with E-state index in [4.69, 9.17) is 5.11 Å². The van der Waals surface area contributed by atoms with Crippen molar-refractivity contribution in [1.29, 1.82) is 0 Å². The lowest BCUT2D eigenvalue weighted by molar-refractivity contribution is -0.141. The van der Waals surface area contributed by atoms with Gasteiger partial charge in [0.1, 0.15) is 0 Å². The molecular formula is C15H19NO3. The zero-order valence-electron chi connectivity index (χ0n) is 11.1. The Morgan fingerprint density at radius 1 is 1.37 bits per heavy atom. The number of rotatable bonds is 4. The number of aliphatic carboxylic acids is 1. The predicted octanol–water partition coefficient (Wildman–Crippen LogP) is 2.11. The van der Waals surface area contributed by atoms with Crippen LogP contribution >= 0.6 is 0 Å². The minimum atomic E-state index is -0.800. The number of benzene rings is 1. The largest absolute Gasteiger partial charge is 0.481 e. The van der Waals surface area contributed by atoms with E-state index in [2.05, 4.69) is 0 Å². The summed E-state index contributed by atoms with van der Waals surface area (Å²) in [6.07, 6.45) is 1.01. The molecule has 2 unspecified atom stereocenters. The molecule has 0 bridgehead atoms. The van der Waals surface area contributed by atoms with Crippen molar-refractivity contribution < 1.29 is 14.7 Å². The van der Waals surface area contributed by atoms with E-state index in [-0.39, 0.29) is 11.8 Å². The summed E-state index contributed by atoms with van der Waals surface area (Å²) in [5.74, 6) is -0.972. The Hall–Kier alpha value is -1.84. The van der Waals surface area contributed by atoms with Gasteiger partial charge < -0.3 is 10.0 Å². The van der Waals surface area contributed by atoms with Crippen LogP contribution in [0.3, 0.4) is 0 Å². The lowest BCUT2D eigenvalue weighted by atomic mass is 9.97. The number of carbonyl (C=O) groups excluding carboxylic acids is 1. The molecule has 1 aliphatic heterocycles. The first-order valence-corrected chi connectivity index (χ1v) is 6.63. The molecule has 1 saturated heterocycles. The Kier molecular flexibility index (Phi) is 4.20. The third-order valence-corrected chi connectivity index (χ3v) is 3.74. The number of amides is 1. The minimum absolute atomic E-state index is 0.0557. The molecule has 19 heavy (non-hydrogen) atoms. The van der Waals surface area contributed by atoms with Crippen molar-refractivity contribution >= 4 is 11.9 Å². The monoisotopic (exact) mass is 261 g/mol. The van der Waals surface area contributed by atoms with E-state index in [0.29, 0.717) is 25.9 Å². The summed E-state index contributed by atoms with van der Waals surface area (Å²) < 4.78 is 0. The summed E-state index contributed by atoms with van der Waals surface area (Å²) in [5.41, 5.74) is 1.14. The SMILES string of the molecule is CC(CC(=O)N1CCC(C(=O)O)C1)c1ccccc1. The Bertz CT molecular complexity index is 458. The maximum absolute atomic E-state index is 12.1. The van der Waals surface area contributed by atoms with Gasteiger partial charge in [-0.25, -0.2) is 0 Å². The van der Waals surface area contributed by atoms with Gasteiger partial charge in [0.05, 0.1) is 5.92 Å². The molecule has 1 amide bonds. The Morgan fingerprint density at radius 3 is 2.63 bits per heavy atom. The van der Waals surface area contributed by atoms with Gasteiger partial charge in [-0.1, -0.05) is 37.3 Å². The topological polar surface area (TPSA) is 57.6 Å². The van der Waals surface area contributed by atoms with Gasteiger partial charge in [-0.3, -0.25) is 9.59 Å². The first-order chi connectivity index (χ1) is 9.08. The standard InChI is InChI=1S/C15H19NO3/c1-11(12-5-3-2-4-6-12)9-14(17)16-8-7-13(10-16)15(18)19/h2-6,11,13H,7-10H2,1H3,(H,18,19). The van der Waals surface area contributed by atoms with Crippen LogP contribution < -0.4 is 0 Å². The molecule has 0 saturated carbocycles. The first kappa shape index (κ1) is 13.6. The molecule has 1 aromatic rings. The van der Waals surface area contributed by atoms with Crippen LogP contribution in [0.15, 0.2) is 30.3 Å². The fourth-order valence-corrected chi connectivity index (χ4v) is 2.48. The van der Waals surface area contributed by atoms with Crippen molar-refractivity contribution in [3.8, 4) is 0 Å². The number of hydrogen-bond acceptors (Lipinski definition) is 2. The summed E-state index contributed by atoms with van der Waals surface area (Å²) in [6, 6.07) is 9.92. The number of hydrogen-bond donors (Lipinski definition) is 1. The molecule has 1 aromatic carbocycles. The highest BCUT2D eigenvalue weighted by molar-refractivity contribution is 5.79. The molecule has 1 aliphatic rings. The molecule has 0 aliphatic carbocycles. The van der Waals surface area contributed by atoms with Crippen LogP contribution in [0.1, 0.15) is 31.2 Å². The van der Waals surface area contributed by atoms with Crippen molar-refractivity contribution in [2.24, 2.45) is 5.92 Å². The highest BCUT2D eigenvalue weighted by Crippen LogP contribution is 2.23. The molecule has 1 heterocycles. The Morgan fingerprint density at radius 2 is 2.05 bits per heavy atom. The average molecular weight is 261 g/mol. The molecule has 0 aromatic heterocycles. The van der Waals surface area contributed by atoms with E-state index < -0.39 is 11.9 Å². The van der Waals surface area contributed by atoms with Crippen LogP contribution in [0.5, 0.6) is 0 Å². The second kappa shape index (κ2) is 5.87. The Balaban J connectivity index is 1.90. The maximum Gasteiger partial charge on any atom is 0.308 e. The molecule has 4 nitrogen and oxygen atoms in total. The van der Waals surface area contributed by atoms with Crippen LogP contribution in [0.25, 0.3) is 0 Å². The number of nitrogens with zero attached hydrogens (tertiary/aromatic N) is 1. The van der Waals surface area contributed by atoms with Crippen LogP contribution in [-0.2, 0) is 9.59 Å². The third kappa shape index (κ3) is 3.34. The molecule has 1 fully saturated rings. The summed E-state index contributed by atoms with van der Waals surface area (Å²) in [6.45, 7) is 2.95. The fraction of sp³-hybridized carbons (Fsp3) is 0.467. The predicted molar refractivity (Wildman–Crippen MR) is 71.8 cm³/mol. The van der Waals surface area contributed by atoms with Crippen molar-refractivity contribution in [1.82, 2.24) is 4.90 Å². The molecule has 2 rings (SSSR count). The zero-order chi connectivity index (χ0) is 13.8. The van der Waals surface area contributed by atoms with E-state index >= 15 is 0 Å². The average Bonchev–Trinajstić information content (AvgIpc) is 2.89. The summed E-state index contributed by atoms with van der Waals surface area (Å²) in [5, 5.41) is 8.93. The van der Waals surface area contributed by atoms with Crippen molar-refractivity contribution in [2.75, 3.05) is 13.1 Å². The number of carboxylic acids is 1. The second-order valence-electron chi connectivity index (χ2n) is 5.18. The lowest BCUT2D eigenvalue weighted by Gasteiger charge is -2.19. The summed E-state index contributed by atoms with van der Waals surface area (Å²) >= 11 is 0. The third-order valence-electron chi connectivity index (χ3n) is 3.74. The Labute approximate surface area is 113 Å². The van der Waals surface area contributed by atoms with E-state index in [1.165, 1.54) is 0 Å². The highest BCUT2D eigenvalue weighted by atomic mass is 16.4. The van der Waals surface area contributed by atoms with Gasteiger partial charge in [0.2, 0.25) is 5.91 Å². The van der Waals surface area contributed by atoms with Gasteiger partial charge in [-0.05, 0) is 17.9 Å². The number of likely N-dealkylation sites (tertiary alicyclic amines) is 1. The molecule has 102 valence electrons. The molecule has 4 heteroatoms. The molecular weight excluding hydrogens is 242 g/mol. The van der Waals surface area contributed by atoms with Crippen LogP contribution in [0.4, 0.5) is 0 Å². The molecule has 0 spiro atoms. The smallest absolute Gasteiger partial charge is 0.308 e. The molecule has 1 N–H and O–H groups in total. The molecule has 2 atom stereocenters. The van der Waals surface area contributed by atoms with Gasteiger partial charge in [-0.15, -0.1) is 0 Å². The van der Waals surface area contributed by atoms with Gasteiger partial charge in [0.15, 0.2) is 0 Å². The zero-order valence-corrected chi connectivity index (χ0v) is 11.1. The van der Waals surface area contributed by atoms with Gasteiger partial charge >= 0.3 is 5.97 Å². The van der Waals surface area contributed by atoms with E-state index in [1.807, 2.05) is 37.3 Å². The minimum Gasteiger partial charge on any atom is -0.481 e. The summed E-state index contributed by atoms with van der Waals surface area (Å²) in [7, 11) is 0. The first-order valence-electron chi connectivity index (χ1n) is 6.63. The number of carboxylic acid groups (broad SMARTS) is 1. The van der Waals surface area contributed by atoms with Gasteiger partial charge in [0.25, 0.3) is 0 Å². The quantitative estimate of drug-likeness (QED) is 0.903. The van der Waals surface area contributed by atoms with Crippen molar-refractivity contribution in [3.05, 3.63) is 35.9 Å². The van der Waals surface area contributed by atoms with Gasteiger partial charge in [-0.2, -0.15) is 0 Å².